The lowest BCUT2D eigenvalue weighted by Gasteiger charge is -2.27. The topological polar surface area (TPSA) is 79.7 Å². The van der Waals surface area contributed by atoms with Crippen molar-refractivity contribution in [2.45, 2.75) is 31.5 Å². The molecule has 2 atom stereocenters. The summed E-state index contributed by atoms with van der Waals surface area (Å²) in [5.74, 6) is -1.02. The van der Waals surface area contributed by atoms with Crippen LogP contribution >= 0.6 is 0 Å². The summed E-state index contributed by atoms with van der Waals surface area (Å²) in [5, 5.41) is 9.41. The fourth-order valence-corrected chi connectivity index (χ4v) is 2.97. The van der Waals surface area contributed by atoms with Gasteiger partial charge in [-0.05, 0) is 30.5 Å². The Bertz CT molecular complexity index is 705. The lowest BCUT2D eigenvalue weighted by Crippen LogP contribution is -2.42. The molecule has 6 heteroatoms. The Balaban J connectivity index is 1.77. The Labute approximate surface area is 139 Å². The molecule has 124 valence electrons. The van der Waals surface area contributed by atoms with Crippen molar-refractivity contribution >= 4 is 12.1 Å². The highest BCUT2D eigenvalue weighted by Gasteiger charge is 2.43. The van der Waals surface area contributed by atoms with E-state index in [1.807, 2.05) is 36.4 Å². The lowest BCUT2D eigenvalue weighted by molar-refractivity contribution is -0.142. The Morgan fingerprint density at radius 1 is 1.12 bits per heavy atom. The van der Waals surface area contributed by atoms with Gasteiger partial charge in [0.2, 0.25) is 0 Å². The molecule has 24 heavy (non-hydrogen) atoms. The maximum Gasteiger partial charge on any atom is 0.411 e. The highest BCUT2D eigenvalue weighted by atomic mass is 16.6. The number of benzene rings is 1. The molecule has 1 aromatic heterocycles. The zero-order valence-corrected chi connectivity index (χ0v) is 13.0. The number of rotatable bonds is 4. The molecule has 0 bridgehead atoms. The molecule has 0 saturated carbocycles. The highest BCUT2D eigenvalue weighted by Crippen LogP contribution is 2.36. The predicted octanol–water partition coefficient (Wildman–Crippen LogP) is 3.01. The van der Waals surface area contributed by atoms with Crippen molar-refractivity contribution in [1.29, 1.82) is 0 Å². The van der Waals surface area contributed by atoms with Gasteiger partial charge in [0.1, 0.15) is 12.6 Å². The number of pyridine rings is 1. The number of aliphatic carboxylic acids is 1. The number of carboxylic acid groups (broad SMARTS) is 1. The van der Waals surface area contributed by atoms with E-state index in [0.29, 0.717) is 18.5 Å². The monoisotopic (exact) mass is 326 g/mol. The molecule has 3 rings (SSSR count). The summed E-state index contributed by atoms with van der Waals surface area (Å²) in [6.07, 6.45) is 1.95. The van der Waals surface area contributed by atoms with Crippen molar-refractivity contribution in [2.24, 2.45) is 0 Å². The maximum absolute atomic E-state index is 12.5. The van der Waals surface area contributed by atoms with E-state index >= 15 is 0 Å². The molecule has 1 aliphatic heterocycles. The average Bonchev–Trinajstić information content (AvgIpc) is 3.07. The first kappa shape index (κ1) is 16.0. The van der Waals surface area contributed by atoms with Crippen LogP contribution in [-0.4, -0.2) is 33.1 Å². The number of aromatic nitrogens is 1. The third-order valence-corrected chi connectivity index (χ3v) is 4.12. The summed E-state index contributed by atoms with van der Waals surface area (Å²) in [6.45, 7) is 0.109. The minimum Gasteiger partial charge on any atom is -0.480 e. The SMILES string of the molecule is O=C(O)[C@@H]1CC[C@H](c2ccccn2)N1C(=O)OCc1ccccc1. The number of carboxylic acids is 1. The molecule has 2 aromatic rings. The van der Waals surface area contributed by atoms with Gasteiger partial charge < -0.3 is 9.84 Å². The highest BCUT2D eigenvalue weighted by molar-refractivity contribution is 5.81. The Kier molecular flexibility index (Phi) is 4.74. The van der Waals surface area contributed by atoms with Crippen LogP contribution in [0.2, 0.25) is 0 Å². The number of likely N-dealkylation sites (tertiary alicyclic amines) is 1. The molecule has 1 saturated heterocycles. The number of ether oxygens (including phenoxy) is 1. The Morgan fingerprint density at radius 3 is 2.54 bits per heavy atom. The summed E-state index contributed by atoms with van der Waals surface area (Å²) in [4.78, 5) is 29.6. The first-order valence-electron chi connectivity index (χ1n) is 7.79. The second-order valence-corrected chi connectivity index (χ2v) is 5.65. The fraction of sp³-hybridized carbons (Fsp3) is 0.278. The van der Waals surface area contributed by atoms with Gasteiger partial charge >= 0.3 is 12.1 Å². The van der Waals surface area contributed by atoms with Crippen LogP contribution in [0.4, 0.5) is 4.79 Å². The maximum atomic E-state index is 12.5. The van der Waals surface area contributed by atoms with E-state index in [0.717, 1.165) is 5.56 Å². The van der Waals surface area contributed by atoms with Crippen LogP contribution in [0.15, 0.2) is 54.7 Å². The van der Waals surface area contributed by atoms with Gasteiger partial charge in [0.15, 0.2) is 0 Å². The van der Waals surface area contributed by atoms with Crippen LogP contribution in [0.1, 0.15) is 30.1 Å². The van der Waals surface area contributed by atoms with Crippen molar-refractivity contribution in [1.82, 2.24) is 9.88 Å². The van der Waals surface area contributed by atoms with Crippen LogP contribution in [0, 0.1) is 0 Å². The molecule has 0 spiro atoms. The van der Waals surface area contributed by atoms with Crippen LogP contribution in [-0.2, 0) is 16.1 Å². The normalized spacial score (nSPS) is 19.9. The summed E-state index contributed by atoms with van der Waals surface area (Å²) < 4.78 is 5.34. The van der Waals surface area contributed by atoms with Gasteiger partial charge in [-0.15, -0.1) is 0 Å². The summed E-state index contributed by atoms with van der Waals surface area (Å²) in [5.41, 5.74) is 1.53. The van der Waals surface area contributed by atoms with Gasteiger partial charge in [0.05, 0.1) is 11.7 Å². The molecule has 1 aromatic carbocycles. The van der Waals surface area contributed by atoms with E-state index in [1.165, 1.54) is 4.90 Å². The van der Waals surface area contributed by atoms with E-state index in [9.17, 15) is 14.7 Å². The molecule has 0 aliphatic carbocycles. The molecule has 1 aliphatic rings. The fourth-order valence-electron chi connectivity index (χ4n) is 2.97. The van der Waals surface area contributed by atoms with Gasteiger partial charge in [-0.3, -0.25) is 9.88 Å². The smallest absolute Gasteiger partial charge is 0.411 e. The van der Waals surface area contributed by atoms with Gasteiger partial charge in [-0.1, -0.05) is 36.4 Å². The van der Waals surface area contributed by atoms with Crippen molar-refractivity contribution in [3.05, 3.63) is 66.0 Å². The largest absolute Gasteiger partial charge is 0.480 e. The average molecular weight is 326 g/mol. The van der Waals surface area contributed by atoms with Gasteiger partial charge in [0, 0.05) is 6.20 Å². The van der Waals surface area contributed by atoms with Crippen molar-refractivity contribution in [3.8, 4) is 0 Å². The second-order valence-electron chi connectivity index (χ2n) is 5.65. The number of nitrogens with zero attached hydrogens (tertiary/aromatic N) is 2. The number of hydrogen-bond donors (Lipinski definition) is 1. The van der Waals surface area contributed by atoms with Crippen molar-refractivity contribution in [2.75, 3.05) is 0 Å². The predicted molar refractivity (Wildman–Crippen MR) is 86.1 cm³/mol. The summed E-state index contributed by atoms with van der Waals surface area (Å²) >= 11 is 0. The molecule has 0 radical (unpaired) electrons. The first-order valence-corrected chi connectivity index (χ1v) is 7.79. The molecule has 1 N–H and O–H groups in total. The Morgan fingerprint density at radius 2 is 1.88 bits per heavy atom. The quantitative estimate of drug-likeness (QED) is 0.934. The van der Waals surface area contributed by atoms with E-state index in [2.05, 4.69) is 4.98 Å². The van der Waals surface area contributed by atoms with E-state index in [1.54, 1.807) is 18.3 Å². The summed E-state index contributed by atoms with van der Waals surface area (Å²) in [7, 11) is 0. The third-order valence-electron chi connectivity index (χ3n) is 4.12. The zero-order chi connectivity index (χ0) is 16.9. The van der Waals surface area contributed by atoms with E-state index < -0.39 is 18.1 Å². The van der Waals surface area contributed by atoms with E-state index in [4.69, 9.17) is 4.74 Å². The second kappa shape index (κ2) is 7.12. The van der Waals surface area contributed by atoms with Crippen LogP contribution in [0.5, 0.6) is 0 Å². The molecular formula is C18H18N2O4. The molecule has 6 nitrogen and oxygen atoms in total. The standard InChI is InChI=1S/C18H18N2O4/c21-17(22)16-10-9-15(14-8-4-5-11-19-14)20(16)18(23)24-12-13-6-2-1-3-7-13/h1-8,11,15-16H,9-10,12H2,(H,21,22)/t15-,16+/m1/s1. The van der Waals surface area contributed by atoms with Crippen LogP contribution in [0.3, 0.4) is 0 Å². The molecule has 0 unspecified atom stereocenters. The molecular weight excluding hydrogens is 308 g/mol. The minimum atomic E-state index is -1.02. The minimum absolute atomic E-state index is 0.109. The van der Waals surface area contributed by atoms with Gasteiger partial charge in [-0.2, -0.15) is 0 Å². The van der Waals surface area contributed by atoms with Gasteiger partial charge in [0.25, 0.3) is 0 Å². The number of carbonyl (C=O) groups excluding carboxylic acids is 1. The van der Waals surface area contributed by atoms with Crippen LogP contribution in [0.25, 0.3) is 0 Å². The Hall–Kier alpha value is -2.89. The molecule has 1 fully saturated rings. The first-order chi connectivity index (χ1) is 11.7. The summed E-state index contributed by atoms with van der Waals surface area (Å²) in [6, 6.07) is 13.4. The van der Waals surface area contributed by atoms with Crippen molar-refractivity contribution in [3.63, 3.8) is 0 Å². The molecule has 2 heterocycles. The van der Waals surface area contributed by atoms with E-state index in [-0.39, 0.29) is 12.6 Å². The van der Waals surface area contributed by atoms with Crippen LogP contribution < -0.4 is 0 Å². The third kappa shape index (κ3) is 3.37. The lowest BCUT2D eigenvalue weighted by atomic mass is 10.1. The number of amides is 1. The molecule has 1 amide bonds. The number of hydrogen-bond acceptors (Lipinski definition) is 4. The number of carbonyl (C=O) groups is 2. The zero-order valence-electron chi connectivity index (χ0n) is 13.0. The van der Waals surface area contributed by atoms with Gasteiger partial charge in [-0.25, -0.2) is 9.59 Å². The van der Waals surface area contributed by atoms with Crippen molar-refractivity contribution < 1.29 is 19.4 Å².